The number of hydrogen-bond donors (Lipinski definition) is 0. The molecule has 0 N–H and O–H groups in total. The Morgan fingerprint density at radius 2 is 1.27 bits per heavy atom. The van der Waals surface area contributed by atoms with Crippen LogP contribution in [0.2, 0.25) is 0 Å². The molecule has 0 unspecified atom stereocenters. The van der Waals surface area contributed by atoms with Gasteiger partial charge in [-0.3, -0.25) is 0 Å². The molecule has 0 rings (SSSR count). The van der Waals surface area contributed by atoms with Crippen molar-refractivity contribution in [2.75, 3.05) is 37.7 Å². The topological polar surface area (TPSA) is 65.3 Å². The number of nitrogens with zero attached hydrogens (tertiary/aromatic N) is 4. The zero-order chi connectivity index (χ0) is 16.8. The zero-order valence-electron chi connectivity index (χ0n) is 12.4. The van der Waals surface area contributed by atoms with Crippen LogP contribution in [0.1, 0.15) is 0 Å². The van der Waals surface area contributed by atoms with Gasteiger partial charge in [0.1, 0.15) is 0 Å². The first-order valence-corrected chi connectivity index (χ1v) is 8.91. The van der Waals surface area contributed by atoms with Gasteiger partial charge in [-0.05, 0) is 0 Å². The minimum atomic E-state index is -0.183. The monoisotopic (exact) mass is 336 g/mol. The van der Waals surface area contributed by atoms with Gasteiger partial charge in [0.15, 0.2) is 0 Å². The molecule has 0 atom stereocenters. The van der Waals surface area contributed by atoms with E-state index in [9.17, 15) is 9.59 Å². The summed E-state index contributed by atoms with van der Waals surface area (Å²) in [6.07, 6.45) is 2.93. The molecule has 0 aromatic heterocycles. The fourth-order valence-corrected chi connectivity index (χ4v) is 3.30. The summed E-state index contributed by atoms with van der Waals surface area (Å²) in [7, 11) is 13.2. The molecule has 0 saturated heterocycles. The van der Waals surface area contributed by atoms with Gasteiger partial charge >= 0.3 is 141 Å². The van der Waals surface area contributed by atoms with E-state index in [2.05, 4.69) is 22.9 Å². The summed E-state index contributed by atoms with van der Waals surface area (Å²) >= 11 is 0. The summed E-state index contributed by atoms with van der Waals surface area (Å²) < 4.78 is 0. The fourth-order valence-electron chi connectivity index (χ4n) is 1.36. The first kappa shape index (κ1) is 20.8. The van der Waals surface area contributed by atoms with Gasteiger partial charge in [0, 0.05) is 0 Å². The van der Waals surface area contributed by atoms with Crippen LogP contribution in [-0.4, -0.2) is 74.6 Å². The number of rotatable bonds is 13. The van der Waals surface area contributed by atoms with Gasteiger partial charge in [0.25, 0.3) is 0 Å². The van der Waals surface area contributed by atoms with Gasteiger partial charge < -0.3 is 0 Å². The summed E-state index contributed by atoms with van der Waals surface area (Å²) in [6, 6.07) is 0. The molecule has 0 heterocycles. The molecule has 22 heavy (non-hydrogen) atoms. The van der Waals surface area contributed by atoms with Crippen molar-refractivity contribution in [1.29, 1.82) is 0 Å². The third-order valence-corrected chi connectivity index (χ3v) is 4.81. The van der Waals surface area contributed by atoms with Crippen molar-refractivity contribution in [3.8, 4) is 0 Å². The van der Waals surface area contributed by atoms with Gasteiger partial charge in [-0.25, -0.2) is 0 Å². The summed E-state index contributed by atoms with van der Waals surface area (Å²) in [6.45, 7) is 8.13. The van der Waals surface area contributed by atoms with Crippen LogP contribution in [0, 0.1) is 0 Å². The fraction of sp³-hybridized carbons (Fsp3) is 0.500. The molecule has 0 aliphatic heterocycles. The Kier molecular flexibility index (Phi) is 12.8. The van der Waals surface area contributed by atoms with Gasteiger partial charge in [0.2, 0.25) is 0 Å². The molecule has 10 heteroatoms. The molecule has 0 aliphatic carbocycles. The molecule has 0 spiro atoms. The predicted molar refractivity (Wildman–Crippen MR) is 94.8 cm³/mol. The number of hydrogen-bond acceptors (Lipinski definition) is 6. The molecule has 6 nitrogen and oxygen atoms in total. The van der Waals surface area contributed by atoms with Gasteiger partial charge in [-0.1, -0.05) is 0 Å². The molecule has 0 saturated carbocycles. The predicted octanol–water partition coefficient (Wildman–Crippen LogP) is 1.02. The van der Waals surface area contributed by atoms with E-state index in [0.717, 1.165) is 11.5 Å². The Hall–Kier alpha value is -1.15. The Balaban J connectivity index is 3.88. The second-order valence-corrected chi connectivity index (χ2v) is 6.57. The summed E-state index contributed by atoms with van der Waals surface area (Å²) in [5.41, 5.74) is 0. The van der Waals surface area contributed by atoms with Crippen LogP contribution in [0.15, 0.2) is 35.3 Å². The Labute approximate surface area is 141 Å². The van der Waals surface area contributed by atoms with Crippen LogP contribution < -0.4 is 0 Å². The van der Waals surface area contributed by atoms with Crippen molar-refractivity contribution < 1.29 is 9.59 Å². The van der Waals surface area contributed by atoms with E-state index in [1.54, 1.807) is 21.6 Å². The van der Waals surface area contributed by atoms with Crippen molar-refractivity contribution in [2.24, 2.45) is 9.79 Å². The molecule has 0 aliphatic rings. The van der Waals surface area contributed by atoms with Crippen molar-refractivity contribution >= 4 is 48.7 Å². The van der Waals surface area contributed by atoms with Crippen molar-refractivity contribution in [3.05, 3.63) is 25.6 Å². The van der Waals surface area contributed by atoms with Crippen molar-refractivity contribution in [2.45, 2.75) is 0 Å². The number of carbonyl (C=O) groups excluding carboxylic acids is 2. The van der Waals surface area contributed by atoms with E-state index < -0.39 is 0 Å². The average molecular weight is 336 g/mol. The van der Waals surface area contributed by atoms with Crippen molar-refractivity contribution in [1.82, 2.24) is 9.80 Å². The third kappa shape index (κ3) is 8.99. The Bertz CT molecular complexity index is 386. The second kappa shape index (κ2) is 13.5. The van der Waals surface area contributed by atoms with Crippen LogP contribution in [0.3, 0.4) is 0 Å². The SMILES string of the molecule is [B]=NCC(=O)N(C=C)CCSSCCN(C=C)C(=O)CN=[B]. The maximum atomic E-state index is 11.5. The molecular weight excluding hydrogens is 318 g/mol. The average Bonchev–Trinajstić information content (AvgIpc) is 2.50. The van der Waals surface area contributed by atoms with Crippen LogP contribution in [0.25, 0.3) is 0 Å². The van der Waals surface area contributed by atoms with Crippen LogP contribution in [0.5, 0.6) is 0 Å². The van der Waals surface area contributed by atoms with E-state index in [1.807, 2.05) is 0 Å². The minimum absolute atomic E-state index is 0.0492. The first-order chi connectivity index (χ1) is 10.6. The van der Waals surface area contributed by atoms with Gasteiger partial charge in [-0.2, -0.15) is 0 Å². The Morgan fingerprint density at radius 3 is 1.55 bits per heavy atom. The molecule has 0 bridgehead atoms. The summed E-state index contributed by atoms with van der Waals surface area (Å²) in [4.78, 5) is 32.7. The summed E-state index contributed by atoms with van der Waals surface area (Å²) in [5, 5.41) is 0. The van der Waals surface area contributed by atoms with E-state index in [1.165, 1.54) is 22.2 Å². The van der Waals surface area contributed by atoms with E-state index in [-0.39, 0.29) is 24.9 Å². The molecule has 2 amide bonds. The quantitative estimate of drug-likeness (QED) is 0.286. The third-order valence-electron chi connectivity index (χ3n) is 2.45. The summed E-state index contributed by atoms with van der Waals surface area (Å²) in [5.74, 6) is 1.09. The van der Waals surface area contributed by atoms with Gasteiger partial charge in [0.05, 0.1) is 0 Å². The van der Waals surface area contributed by atoms with Gasteiger partial charge in [-0.15, -0.1) is 0 Å². The Morgan fingerprint density at radius 1 is 0.909 bits per heavy atom. The standard InChI is InChI=1S/C12H18B2N4O2S2/c1-3-17(11(19)9-15-13)5-7-21-22-8-6-18(4-2)12(20)10-16-14/h3-4H,1-2,5-10H2. The zero-order valence-corrected chi connectivity index (χ0v) is 14.0. The maximum absolute atomic E-state index is 11.5. The van der Waals surface area contributed by atoms with E-state index in [4.69, 9.17) is 15.3 Å². The molecule has 116 valence electrons. The van der Waals surface area contributed by atoms with E-state index in [0.29, 0.717) is 13.1 Å². The van der Waals surface area contributed by atoms with Crippen molar-refractivity contribution in [3.63, 3.8) is 0 Å². The normalized spacial score (nSPS) is 9.55. The van der Waals surface area contributed by atoms with E-state index >= 15 is 0 Å². The molecule has 2 radical (unpaired) electrons. The van der Waals surface area contributed by atoms with Crippen LogP contribution in [0.4, 0.5) is 0 Å². The molecular formula is C12H18B2N4O2S2. The first-order valence-electron chi connectivity index (χ1n) is 6.42. The molecule has 0 aromatic carbocycles. The molecule has 0 aromatic rings. The number of amides is 2. The second-order valence-electron chi connectivity index (χ2n) is 3.86. The van der Waals surface area contributed by atoms with Crippen LogP contribution >= 0.6 is 21.6 Å². The van der Waals surface area contributed by atoms with Crippen LogP contribution in [-0.2, 0) is 9.59 Å². The molecule has 0 fully saturated rings. The number of carbonyl (C=O) groups is 2.